The lowest BCUT2D eigenvalue weighted by Gasteiger charge is -1.88. The second-order valence-corrected chi connectivity index (χ2v) is 2.19. The Kier molecular flexibility index (Phi) is 1.48. The quantitative estimate of drug-likeness (QED) is 0.422. The van der Waals surface area contributed by atoms with Crippen LogP contribution >= 0.6 is 0 Å². The van der Waals surface area contributed by atoms with E-state index in [1.54, 1.807) is 0 Å². The van der Waals surface area contributed by atoms with Gasteiger partial charge in [-0.05, 0) is 6.42 Å². The Labute approximate surface area is 48.3 Å². The van der Waals surface area contributed by atoms with Crippen LogP contribution in [0, 0.1) is 6.57 Å². The third-order valence-electron chi connectivity index (χ3n) is 1.52. The van der Waals surface area contributed by atoms with Crippen LogP contribution < -0.4 is 0 Å². The highest BCUT2D eigenvalue weighted by atomic mass is 19.1. The van der Waals surface area contributed by atoms with Gasteiger partial charge in [0.2, 0.25) is 6.04 Å². The molecule has 0 spiro atoms. The summed E-state index contributed by atoms with van der Waals surface area (Å²) in [6.07, 6.45) is 1.16. The molecule has 0 radical (unpaired) electrons. The molecular weight excluding hydrogens is 105 g/mol. The van der Waals surface area contributed by atoms with Crippen LogP contribution in [-0.2, 0) is 0 Å². The van der Waals surface area contributed by atoms with Crippen LogP contribution in [0.1, 0.15) is 19.3 Å². The van der Waals surface area contributed by atoms with Crippen LogP contribution in [0.3, 0.4) is 0 Å². The van der Waals surface area contributed by atoms with Gasteiger partial charge in [-0.3, -0.25) is 0 Å². The Morgan fingerprint density at radius 1 is 1.50 bits per heavy atom. The summed E-state index contributed by atoms with van der Waals surface area (Å²) in [4.78, 5) is 3.25. The minimum atomic E-state index is -0.686. The third-order valence-corrected chi connectivity index (χ3v) is 1.52. The number of hydrogen-bond acceptors (Lipinski definition) is 0. The molecule has 0 heterocycles. The van der Waals surface area contributed by atoms with E-state index < -0.39 is 6.17 Å². The molecule has 2 heteroatoms. The van der Waals surface area contributed by atoms with Crippen molar-refractivity contribution in [2.45, 2.75) is 31.5 Å². The number of nitrogens with zero attached hydrogens (tertiary/aromatic N) is 1. The van der Waals surface area contributed by atoms with Crippen molar-refractivity contribution in [3.63, 3.8) is 0 Å². The molecular formula is C6H8FN. The zero-order chi connectivity index (χ0) is 5.98. The lowest BCUT2D eigenvalue weighted by molar-refractivity contribution is 0.342. The number of halogens is 1. The standard InChI is InChI=1S/C6H8FN/c1-8-6-3-2-5(7)4-6/h5-6H,2-4H2. The third kappa shape index (κ3) is 0.975. The monoisotopic (exact) mass is 113 g/mol. The molecule has 1 nitrogen and oxygen atoms in total. The zero-order valence-corrected chi connectivity index (χ0v) is 4.60. The van der Waals surface area contributed by atoms with Gasteiger partial charge in [0.15, 0.2) is 0 Å². The average Bonchev–Trinajstić information content (AvgIpc) is 2.14. The maximum atomic E-state index is 12.2. The van der Waals surface area contributed by atoms with Crippen LogP contribution in [0.4, 0.5) is 4.39 Å². The maximum absolute atomic E-state index is 12.2. The highest BCUT2D eigenvalue weighted by Crippen LogP contribution is 2.23. The van der Waals surface area contributed by atoms with E-state index in [-0.39, 0.29) is 6.04 Å². The van der Waals surface area contributed by atoms with Gasteiger partial charge in [0.05, 0.1) is 6.42 Å². The first-order chi connectivity index (χ1) is 3.83. The molecule has 1 aliphatic carbocycles. The van der Waals surface area contributed by atoms with Crippen molar-refractivity contribution in [3.8, 4) is 0 Å². The lowest BCUT2D eigenvalue weighted by Crippen LogP contribution is -1.94. The topological polar surface area (TPSA) is 4.36 Å². The van der Waals surface area contributed by atoms with Crippen LogP contribution in [0.2, 0.25) is 0 Å². The largest absolute Gasteiger partial charge is 0.314 e. The average molecular weight is 113 g/mol. The second kappa shape index (κ2) is 2.13. The Morgan fingerprint density at radius 2 is 2.25 bits per heavy atom. The molecule has 0 saturated heterocycles. The predicted molar refractivity (Wildman–Crippen MR) is 29.1 cm³/mol. The van der Waals surface area contributed by atoms with Gasteiger partial charge in [-0.1, -0.05) is 0 Å². The van der Waals surface area contributed by atoms with Gasteiger partial charge in [0.1, 0.15) is 6.17 Å². The van der Waals surface area contributed by atoms with E-state index in [2.05, 4.69) is 4.85 Å². The summed E-state index contributed by atoms with van der Waals surface area (Å²) < 4.78 is 12.2. The molecule has 0 aliphatic heterocycles. The first-order valence-electron chi connectivity index (χ1n) is 2.83. The fraction of sp³-hybridized carbons (Fsp3) is 0.833. The molecule has 8 heavy (non-hydrogen) atoms. The molecule has 0 amide bonds. The summed E-state index contributed by atoms with van der Waals surface area (Å²) in [5.41, 5.74) is 0. The molecule has 1 fully saturated rings. The van der Waals surface area contributed by atoms with E-state index in [0.29, 0.717) is 12.8 Å². The predicted octanol–water partition coefficient (Wildman–Crippen LogP) is 1.80. The van der Waals surface area contributed by atoms with E-state index >= 15 is 0 Å². The van der Waals surface area contributed by atoms with Crippen LogP contribution in [0.15, 0.2) is 0 Å². The Balaban J connectivity index is 2.35. The van der Waals surface area contributed by atoms with E-state index in [1.807, 2.05) is 0 Å². The van der Waals surface area contributed by atoms with Crippen molar-refractivity contribution in [2.75, 3.05) is 0 Å². The number of rotatable bonds is 0. The summed E-state index contributed by atoms with van der Waals surface area (Å²) in [7, 11) is 0. The van der Waals surface area contributed by atoms with E-state index in [1.165, 1.54) is 0 Å². The maximum Gasteiger partial charge on any atom is 0.226 e. The highest BCUT2D eigenvalue weighted by Gasteiger charge is 2.27. The van der Waals surface area contributed by atoms with Crippen molar-refractivity contribution in [2.24, 2.45) is 0 Å². The van der Waals surface area contributed by atoms with E-state index in [0.717, 1.165) is 6.42 Å². The Bertz CT molecular complexity index is 116. The van der Waals surface area contributed by atoms with Gasteiger partial charge in [0.25, 0.3) is 0 Å². The summed E-state index contributed by atoms with van der Waals surface area (Å²) in [5, 5.41) is 0. The smallest absolute Gasteiger partial charge is 0.226 e. The lowest BCUT2D eigenvalue weighted by atomic mass is 10.3. The molecule has 2 unspecified atom stereocenters. The first kappa shape index (κ1) is 5.55. The van der Waals surface area contributed by atoms with Crippen LogP contribution in [0.25, 0.3) is 4.85 Å². The van der Waals surface area contributed by atoms with Gasteiger partial charge < -0.3 is 4.85 Å². The Morgan fingerprint density at radius 3 is 2.50 bits per heavy atom. The summed E-state index contributed by atoms with van der Waals surface area (Å²) in [5.74, 6) is 0. The Hall–Kier alpha value is -0.580. The minimum absolute atomic E-state index is 0.00926. The summed E-state index contributed by atoms with van der Waals surface area (Å²) >= 11 is 0. The van der Waals surface area contributed by atoms with Gasteiger partial charge in [-0.2, -0.15) is 0 Å². The molecule has 0 bridgehead atoms. The van der Waals surface area contributed by atoms with E-state index in [9.17, 15) is 4.39 Å². The van der Waals surface area contributed by atoms with Crippen molar-refractivity contribution >= 4 is 0 Å². The summed E-state index contributed by atoms with van der Waals surface area (Å²) in [6.45, 7) is 6.55. The zero-order valence-electron chi connectivity index (χ0n) is 4.60. The van der Waals surface area contributed by atoms with Crippen molar-refractivity contribution in [1.82, 2.24) is 0 Å². The first-order valence-corrected chi connectivity index (χ1v) is 2.83. The summed E-state index contributed by atoms with van der Waals surface area (Å²) in [6, 6.07) is -0.00926. The van der Waals surface area contributed by atoms with Crippen molar-refractivity contribution in [3.05, 3.63) is 11.4 Å². The highest BCUT2D eigenvalue weighted by molar-refractivity contribution is 4.87. The fourth-order valence-electron chi connectivity index (χ4n) is 1.02. The fourth-order valence-corrected chi connectivity index (χ4v) is 1.02. The SMILES string of the molecule is [C-]#[N+]C1CCC(F)C1. The van der Waals surface area contributed by atoms with Crippen LogP contribution in [0.5, 0.6) is 0 Å². The molecule has 1 rings (SSSR count). The van der Waals surface area contributed by atoms with Gasteiger partial charge in [0, 0.05) is 6.42 Å². The second-order valence-electron chi connectivity index (χ2n) is 2.19. The molecule has 0 aromatic carbocycles. The molecule has 44 valence electrons. The van der Waals surface area contributed by atoms with Gasteiger partial charge in [-0.15, -0.1) is 0 Å². The van der Waals surface area contributed by atoms with Crippen molar-refractivity contribution < 1.29 is 4.39 Å². The molecule has 1 aliphatic rings. The number of hydrogen-bond donors (Lipinski definition) is 0. The van der Waals surface area contributed by atoms with Crippen LogP contribution in [-0.4, -0.2) is 12.2 Å². The number of alkyl halides is 1. The van der Waals surface area contributed by atoms with Crippen molar-refractivity contribution in [1.29, 1.82) is 0 Å². The molecule has 0 aromatic rings. The molecule has 0 aromatic heterocycles. The molecule has 0 N–H and O–H groups in total. The molecule has 2 atom stereocenters. The normalized spacial score (nSPS) is 37.0. The molecule has 1 saturated carbocycles. The van der Waals surface area contributed by atoms with E-state index in [4.69, 9.17) is 6.57 Å². The van der Waals surface area contributed by atoms with Gasteiger partial charge >= 0.3 is 0 Å². The minimum Gasteiger partial charge on any atom is -0.314 e. The van der Waals surface area contributed by atoms with Gasteiger partial charge in [-0.25, -0.2) is 11.0 Å².